The average molecular weight is 760 g/mol. The Balaban J connectivity index is 4.09. The van der Waals surface area contributed by atoms with E-state index >= 15 is 0 Å². The average Bonchev–Trinajstić information content (AvgIpc) is 3.36. The molecule has 0 heterocycles. The molecule has 0 radical (unpaired) electrons. The minimum absolute atomic E-state index is 0.685. The summed E-state index contributed by atoms with van der Waals surface area (Å²) >= 11 is 0. The first-order chi connectivity index (χ1) is 34.4. The van der Waals surface area contributed by atoms with Crippen molar-refractivity contribution in [1.29, 1.82) is 0 Å². The molecule has 0 rings (SSSR count). The van der Waals surface area contributed by atoms with E-state index in [4.69, 9.17) is 4.65 Å². The van der Waals surface area contributed by atoms with E-state index in [0.717, 1.165) is 0 Å². The van der Waals surface area contributed by atoms with Crippen LogP contribution in [0.5, 0.6) is 0 Å². The summed E-state index contributed by atoms with van der Waals surface area (Å²) in [7, 11) is 5.31. The van der Waals surface area contributed by atoms with Crippen LogP contribution in [0.2, 0.25) is 0 Å². The first kappa shape index (κ1) is 73.1. The fraction of sp³-hybridized carbons (Fsp3) is 1.00. The second-order valence-electron chi connectivity index (χ2n) is 13.0. The van der Waals surface area contributed by atoms with Gasteiger partial charge in [-0.05, 0) is 0 Å². The molecule has 0 spiro atoms. The zero-order chi connectivity index (χ0) is 49.4. The van der Waals surface area contributed by atoms with E-state index in [9.17, 15) is 0 Å². The van der Waals surface area contributed by atoms with Crippen LogP contribution in [0.25, 0.3) is 0 Å². The predicted molar refractivity (Wildman–Crippen MR) is 393 cm³/mol. The van der Waals surface area contributed by atoms with Crippen LogP contribution in [-0.4, -0.2) is 449 Å². The third-order valence-electron chi connectivity index (χ3n) is 7.37. The van der Waals surface area contributed by atoms with Gasteiger partial charge in [0.15, 0.2) is 0 Å². The van der Waals surface area contributed by atoms with E-state index in [-0.39, 0.29) is 0 Å². The van der Waals surface area contributed by atoms with Gasteiger partial charge in [-0.25, -0.2) is 0 Å². The van der Waals surface area contributed by atoms with Gasteiger partial charge in [-0.2, -0.15) is 0 Å². The van der Waals surface area contributed by atoms with E-state index < -0.39 is 0 Å². The summed E-state index contributed by atoms with van der Waals surface area (Å²) in [6.07, 6.45) is 0. The molecule has 0 atom stereocenters. The van der Waals surface area contributed by atoms with Gasteiger partial charge in [0.05, 0.1) is 0 Å². The molecule has 0 aromatic heterocycles. The van der Waals surface area contributed by atoms with Gasteiger partial charge in [0.25, 0.3) is 0 Å². The molecule has 0 amide bonds. The van der Waals surface area contributed by atoms with Crippen LogP contribution in [0.15, 0.2) is 0 Å². The molecule has 0 unspecified atom stereocenters. The van der Waals surface area contributed by atoms with Gasteiger partial charge in [0.2, 0.25) is 0 Å². The second kappa shape index (κ2) is 72.1. The van der Waals surface area contributed by atoms with Gasteiger partial charge >= 0.3 is 461 Å². The van der Waals surface area contributed by atoms with Crippen LogP contribution >= 0.6 is 0 Å². The molecule has 0 fully saturated rings. The number of rotatable bonds is 34. The van der Waals surface area contributed by atoms with E-state index in [1.165, 1.54) is 0 Å². The summed E-state index contributed by atoms with van der Waals surface area (Å²) in [5.74, 6) is 0. The monoisotopic (exact) mass is 773 g/mol. The summed E-state index contributed by atoms with van der Waals surface area (Å²) in [6.45, 7) is 130. The molecule has 0 aromatic carbocycles. The summed E-state index contributed by atoms with van der Waals surface area (Å²) in [6, 6.07) is 0. The van der Waals surface area contributed by atoms with Crippen LogP contribution in [0, 0.1) is 0 Å². The maximum absolute atomic E-state index is 5.11. The SMILES string of the molecule is B=BB=BB=BB=BB=BB=BB=BB=BB=BB=BB=BB=BB=BB=BB=BB=BB=BB=BB=BB=BB=BB=BB=BB=BB=BB=BB=BB=BB=BB=BB=BB=BB=BOCC. The topological polar surface area (TPSA) is 9.23 Å². The number of hydrogen-bond donors (Lipinski definition) is 0. The van der Waals surface area contributed by atoms with Crippen molar-refractivity contribution in [3.8, 4) is 0 Å². The van der Waals surface area contributed by atoms with Gasteiger partial charge in [-0.1, -0.05) is 0 Å². The Morgan fingerprint density at radius 1 is 0.174 bits per heavy atom. The molecule has 0 bridgehead atoms. The summed E-state index contributed by atoms with van der Waals surface area (Å²) in [5.41, 5.74) is 0. The molecule has 67 heteroatoms. The Labute approximate surface area is 456 Å². The van der Waals surface area contributed by atoms with E-state index in [0.29, 0.717) is 6.61 Å². The van der Waals surface area contributed by atoms with Gasteiger partial charge in [0.1, 0.15) is 0 Å². The van der Waals surface area contributed by atoms with Gasteiger partial charge < -0.3 is 0 Å². The fourth-order valence-electron chi connectivity index (χ4n) is 4.19. The summed E-state index contributed by atoms with van der Waals surface area (Å²) in [4.78, 5) is 0. The van der Waals surface area contributed by atoms with E-state index in [2.05, 4.69) is 7.37 Å². The van der Waals surface area contributed by atoms with Crippen molar-refractivity contribution < 1.29 is 4.65 Å². The molecule has 0 aliphatic carbocycles. The van der Waals surface area contributed by atoms with Crippen LogP contribution in [-0.2, 0) is 4.65 Å². The van der Waals surface area contributed by atoms with Gasteiger partial charge in [-0.3, -0.25) is 0 Å². The van der Waals surface area contributed by atoms with Crippen molar-refractivity contribution in [3.63, 3.8) is 0 Å². The van der Waals surface area contributed by atoms with Crippen molar-refractivity contribution >= 4 is 443 Å². The Hall–Kier alpha value is 4.09. The molecule has 0 aliphatic rings. The molecule has 0 aliphatic heterocycles. The van der Waals surface area contributed by atoms with Crippen molar-refractivity contribution in [1.82, 2.24) is 0 Å². The third kappa shape index (κ3) is 72.1. The Morgan fingerprint density at radius 2 is 0.275 bits per heavy atom. The van der Waals surface area contributed by atoms with Crippen molar-refractivity contribution in [2.45, 2.75) is 6.92 Å². The van der Waals surface area contributed by atoms with Crippen LogP contribution in [0.1, 0.15) is 6.92 Å². The van der Waals surface area contributed by atoms with Crippen molar-refractivity contribution in [2.75, 3.05) is 6.61 Å². The van der Waals surface area contributed by atoms with Crippen LogP contribution in [0.4, 0.5) is 0 Å². The molecule has 0 saturated carbocycles. The third-order valence-corrected chi connectivity index (χ3v) is 7.37. The minimum atomic E-state index is 0.685. The molecule has 69 heavy (non-hydrogen) atoms. The Kier molecular flexibility index (Phi) is 76.4. The number of hydrogen-bond acceptors (Lipinski definition) is 1. The normalized spacial score (nSPS) is 7.83. The molecule has 0 aromatic rings. The molecule has 1 nitrogen and oxygen atoms in total. The molecular weight excluding hydrogens is 754 g/mol. The van der Waals surface area contributed by atoms with E-state index in [1.54, 1.807) is 13.7 Å². The summed E-state index contributed by atoms with van der Waals surface area (Å²) < 4.78 is 5.11. The first-order valence-electron chi connectivity index (χ1n) is 23.0. The molecule has 0 N–H and O–H groups in total. The molecular formula is C2H6B66O. The Morgan fingerprint density at radius 3 is 0.377 bits per heavy atom. The molecule has 218 valence electrons. The zero-order valence-electron chi connectivity index (χ0n) is 40.4. The fourth-order valence-corrected chi connectivity index (χ4v) is 4.19. The van der Waals surface area contributed by atoms with Crippen molar-refractivity contribution in [2.24, 2.45) is 0 Å². The second-order valence-corrected chi connectivity index (χ2v) is 13.0. The molecule has 0 saturated heterocycles. The van der Waals surface area contributed by atoms with E-state index in [1.807, 2.05) is 429 Å². The van der Waals surface area contributed by atoms with Crippen LogP contribution < -0.4 is 0 Å². The standard InChI is InChI=1S/C2H6B66O/c1-2-69-68-67-66-65-64-63-62-61-60-59-58-57-56-55-54-53-52-51-50-49-48-47-46-45-44-43-42-41-40-39-38-37-36-35-34-33-32-31-30-29-28-27-26-25-24-23-22-21-20-19-18-17-16-15-14-13-12-11-10-9-8-7-6-5-4-3/h3H,2H2,1H3. The predicted octanol–water partition coefficient (Wildman–Crippen LogP) is -24.9. The van der Waals surface area contributed by atoms with Gasteiger partial charge in [0, 0.05) is 0 Å². The first-order valence-corrected chi connectivity index (χ1v) is 23.0. The summed E-state index contributed by atoms with van der Waals surface area (Å²) in [5, 5.41) is 0. The quantitative estimate of drug-likeness (QED) is 0.0594. The van der Waals surface area contributed by atoms with Crippen LogP contribution in [0.3, 0.4) is 0 Å². The van der Waals surface area contributed by atoms with Crippen molar-refractivity contribution in [3.05, 3.63) is 0 Å². The Bertz CT molecular complexity index is 2320. The maximum atomic E-state index is 5.11. The van der Waals surface area contributed by atoms with Gasteiger partial charge in [-0.15, -0.1) is 0 Å². The zero-order valence-corrected chi connectivity index (χ0v) is 40.4.